The zero-order valence-corrected chi connectivity index (χ0v) is 9.32. The van der Waals surface area contributed by atoms with Crippen molar-refractivity contribution in [2.45, 2.75) is 0 Å². The maximum Gasteiger partial charge on any atom is 0.127 e. The molecule has 1 aromatic carbocycles. The summed E-state index contributed by atoms with van der Waals surface area (Å²) in [5.74, 6) is 0.814. The Morgan fingerprint density at radius 2 is 2.13 bits per heavy atom. The molecular formula is C11H11ClN2O. The molecule has 15 heavy (non-hydrogen) atoms. The highest BCUT2D eigenvalue weighted by molar-refractivity contribution is 6.29. The Bertz CT molecular complexity index is 460. The van der Waals surface area contributed by atoms with E-state index in [1.54, 1.807) is 11.8 Å². The molecule has 0 aliphatic carbocycles. The van der Waals surface area contributed by atoms with E-state index in [1.807, 2.05) is 37.4 Å². The van der Waals surface area contributed by atoms with E-state index < -0.39 is 0 Å². The summed E-state index contributed by atoms with van der Waals surface area (Å²) in [5.41, 5.74) is 1.85. The van der Waals surface area contributed by atoms with E-state index in [4.69, 9.17) is 16.3 Å². The highest BCUT2D eigenvalue weighted by atomic mass is 35.5. The van der Waals surface area contributed by atoms with Crippen LogP contribution in [0.4, 0.5) is 0 Å². The fraction of sp³-hybridized carbons (Fsp3) is 0.182. The second kappa shape index (κ2) is 3.95. The number of rotatable bonds is 2. The molecule has 0 spiro atoms. The summed E-state index contributed by atoms with van der Waals surface area (Å²) in [6.45, 7) is 0. The first kappa shape index (κ1) is 10.1. The van der Waals surface area contributed by atoms with Gasteiger partial charge in [0.2, 0.25) is 0 Å². The fourth-order valence-corrected chi connectivity index (χ4v) is 1.51. The molecule has 4 heteroatoms. The van der Waals surface area contributed by atoms with Crippen LogP contribution in [0.15, 0.2) is 30.3 Å². The smallest absolute Gasteiger partial charge is 0.127 e. The van der Waals surface area contributed by atoms with Gasteiger partial charge in [0.05, 0.1) is 12.8 Å². The van der Waals surface area contributed by atoms with Gasteiger partial charge in [-0.05, 0) is 12.1 Å². The van der Waals surface area contributed by atoms with Crippen molar-refractivity contribution in [2.24, 2.45) is 7.05 Å². The quantitative estimate of drug-likeness (QED) is 0.781. The van der Waals surface area contributed by atoms with Crippen LogP contribution in [0.2, 0.25) is 5.15 Å². The number of benzene rings is 1. The van der Waals surface area contributed by atoms with Crippen molar-refractivity contribution in [2.75, 3.05) is 7.11 Å². The number of halogens is 1. The molecule has 0 unspecified atom stereocenters. The van der Waals surface area contributed by atoms with Gasteiger partial charge in [0.25, 0.3) is 0 Å². The molecule has 78 valence electrons. The third kappa shape index (κ3) is 1.97. The Kier molecular flexibility index (Phi) is 2.64. The highest BCUT2D eigenvalue weighted by Crippen LogP contribution is 2.24. The van der Waals surface area contributed by atoms with Crippen LogP contribution in [0.5, 0.6) is 5.75 Å². The van der Waals surface area contributed by atoms with Gasteiger partial charge in [-0.25, -0.2) is 0 Å². The minimum absolute atomic E-state index is 0.618. The average Bonchev–Trinajstić information content (AvgIpc) is 2.59. The zero-order valence-electron chi connectivity index (χ0n) is 8.57. The molecule has 0 saturated heterocycles. The van der Waals surface area contributed by atoms with Crippen LogP contribution in [0.3, 0.4) is 0 Å². The van der Waals surface area contributed by atoms with Crippen molar-refractivity contribution < 1.29 is 4.74 Å². The number of ether oxygens (including phenoxy) is 1. The monoisotopic (exact) mass is 222 g/mol. The largest absolute Gasteiger partial charge is 0.497 e. The van der Waals surface area contributed by atoms with Gasteiger partial charge in [0.15, 0.2) is 0 Å². The first-order valence-electron chi connectivity index (χ1n) is 4.54. The van der Waals surface area contributed by atoms with Crippen LogP contribution in [0.25, 0.3) is 11.3 Å². The third-order valence-electron chi connectivity index (χ3n) is 2.19. The van der Waals surface area contributed by atoms with E-state index in [2.05, 4.69) is 5.10 Å². The fourth-order valence-electron chi connectivity index (χ4n) is 1.37. The van der Waals surface area contributed by atoms with Gasteiger partial charge >= 0.3 is 0 Å². The van der Waals surface area contributed by atoms with E-state index in [0.29, 0.717) is 5.15 Å². The molecule has 0 radical (unpaired) electrons. The van der Waals surface area contributed by atoms with E-state index >= 15 is 0 Å². The van der Waals surface area contributed by atoms with Crippen LogP contribution in [-0.2, 0) is 7.05 Å². The predicted octanol–water partition coefficient (Wildman–Crippen LogP) is 2.75. The lowest BCUT2D eigenvalue weighted by atomic mass is 10.1. The molecule has 0 aliphatic rings. The normalized spacial score (nSPS) is 10.3. The molecule has 3 nitrogen and oxygen atoms in total. The summed E-state index contributed by atoms with van der Waals surface area (Å²) in [6.07, 6.45) is 0. The van der Waals surface area contributed by atoms with Crippen LogP contribution in [-0.4, -0.2) is 16.9 Å². The van der Waals surface area contributed by atoms with Gasteiger partial charge in [0, 0.05) is 18.7 Å². The van der Waals surface area contributed by atoms with Crippen LogP contribution in [0.1, 0.15) is 0 Å². The number of hydrogen-bond acceptors (Lipinski definition) is 2. The lowest BCUT2D eigenvalue weighted by molar-refractivity contribution is 0.415. The summed E-state index contributed by atoms with van der Waals surface area (Å²) >= 11 is 5.92. The SMILES string of the molecule is COc1cccc(-c2cc(Cl)n(C)n2)c1. The maximum absolute atomic E-state index is 5.92. The standard InChI is InChI=1S/C11H11ClN2O/c1-14-11(12)7-10(13-14)8-4-3-5-9(6-8)15-2/h3-7H,1-2H3. The van der Waals surface area contributed by atoms with Gasteiger partial charge in [-0.2, -0.15) is 5.10 Å². The van der Waals surface area contributed by atoms with Crippen molar-refractivity contribution >= 4 is 11.6 Å². The summed E-state index contributed by atoms with van der Waals surface area (Å²) in [5, 5.41) is 4.90. The first-order chi connectivity index (χ1) is 7.20. The van der Waals surface area contributed by atoms with E-state index in [-0.39, 0.29) is 0 Å². The summed E-state index contributed by atoms with van der Waals surface area (Å²) in [7, 11) is 3.45. The number of hydrogen-bond donors (Lipinski definition) is 0. The number of aryl methyl sites for hydroxylation is 1. The molecule has 1 aromatic heterocycles. The summed E-state index contributed by atoms with van der Waals surface area (Å²) < 4.78 is 6.78. The molecule has 0 bridgehead atoms. The average molecular weight is 223 g/mol. The molecule has 0 N–H and O–H groups in total. The van der Waals surface area contributed by atoms with Crippen molar-refractivity contribution in [3.05, 3.63) is 35.5 Å². The molecule has 0 atom stereocenters. The van der Waals surface area contributed by atoms with Gasteiger partial charge < -0.3 is 4.74 Å². The summed E-state index contributed by atoms with van der Waals surface area (Å²) in [4.78, 5) is 0. The molecule has 0 saturated carbocycles. The molecule has 2 aromatic rings. The number of aromatic nitrogens is 2. The Morgan fingerprint density at radius 3 is 2.73 bits per heavy atom. The Hall–Kier alpha value is -1.48. The highest BCUT2D eigenvalue weighted by Gasteiger charge is 2.05. The molecule has 2 rings (SSSR count). The van der Waals surface area contributed by atoms with Gasteiger partial charge in [-0.1, -0.05) is 23.7 Å². The Labute approximate surface area is 93.2 Å². The molecule has 0 fully saturated rings. The predicted molar refractivity (Wildman–Crippen MR) is 60.2 cm³/mol. The molecule has 1 heterocycles. The third-order valence-corrected chi connectivity index (χ3v) is 2.54. The van der Waals surface area contributed by atoms with Crippen LogP contribution in [0, 0.1) is 0 Å². The lowest BCUT2D eigenvalue weighted by Crippen LogP contribution is -1.90. The van der Waals surface area contributed by atoms with Gasteiger partial charge in [0.1, 0.15) is 10.9 Å². The minimum Gasteiger partial charge on any atom is -0.497 e. The van der Waals surface area contributed by atoms with Gasteiger partial charge in [-0.15, -0.1) is 0 Å². The van der Waals surface area contributed by atoms with Crippen molar-refractivity contribution in [3.8, 4) is 17.0 Å². The van der Waals surface area contributed by atoms with Crippen molar-refractivity contribution in [3.63, 3.8) is 0 Å². The zero-order chi connectivity index (χ0) is 10.8. The maximum atomic E-state index is 5.92. The second-order valence-electron chi connectivity index (χ2n) is 3.21. The Morgan fingerprint density at radius 1 is 1.33 bits per heavy atom. The lowest BCUT2D eigenvalue weighted by Gasteiger charge is -2.01. The number of nitrogens with zero attached hydrogens (tertiary/aromatic N) is 2. The first-order valence-corrected chi connectivity index (χ1v) is 4.92. The Balaban J connectivity index is 2.44. The summed E-state index contributed by atoms with van der Waals surface area (Å²) in [6, 6.07) is 9.56. The molecule has 0 aliphatic heterocycles. The van der Waals surface area contributed by atoms with Crippen molar-refractivity contribution in [1.82, 2.24) is 9.78 Å². The second-order valence-corrected chi connectivity index (χ2v) is 3.60. The van der Waals surface area contributed by atoms with E-state index in [1.165, 1.54) is 0 Å². The minimum atomic E-state index is 0.618. The van der Waals surface area contributed by atoms with E-state index in [9.17, 15) is 0 Å². The number of methoxy groups -OCH3 is 1. The molecule has 0 amide bonds. The molecular weight excluding hydrogens is 212 g/mol. The topological polar surface area (TPSA) is 27.1 Å². The van der Waals surface area contributed by atoms with E-state index in [0.717, 1.165) is 17.0 Å². The van der Waals surface area contributed by atoms with Gasteiger partial charge in [-0.3, -0.25) is 4.68 Å². The van der Waals surface area contributed by atoms with Crippen molar-refractivity contribution in [1.29, 1.82) is 0 Å². The van der Waals surface area contributed by atoms with Crippen LogP contribution >= 0.6 is 11.6 Å². The van der Waals surface area contributed by atoms with Crippen LogP contribution < -0.4 is 4.74 Å².